The van der Waals surface area contributed by atoms with Crippen LogP contribution in [0.15, 0.2) is 48.5 Å². The Morgan fingerprint density at radius 2 is 1.83 bits per heavy atom. The third-order valence-electron chi connectivity index (χ3n) is 3.73. The Balaban J connectivity index is 1.95. The van der Waals surface area contributed by atoms with Crippen LogP contribution in [0.25, 0.3) is 0 Å². The number of hydrogen-bond donors (Lipinski definition) is 3. The average Bonchev–Trinajstić information content (AvgIpc) is 2.74. The summed E-state index contributed by atoms with van der Waals surface area (Å²) < 4.78 is 6.24. The first kappa shape index (κ1) is 22.8. The second-order valence-electron chi connectivity index (χ2n) is 5.83. The monoisotopic (exact) mass is 482 g/mol. The zero-order valence-electron chi connectivity index (χ0n) is 15.8. The number of methoxy groups -OCH3 is 1. The molecule has 2 aromatic rings. The molecule has 0 spiro atoms. The van der Waals surface area contributed by atoms with E-state index in [0.29, 0.717) is 23.6 Å². The van der Waals surface area contributed by atoms with Crippen LogP contribution in [0.2, 0.25) is 0 Å². The minimum absolute atomic E-state index is 0.154. The number of benzene rings is 2. The number of carboxylic acid groups (broad SMARTS) is 1. The zero-order chi connectivity index (χ0) is 21.1. The molecular formula is C20H22N2O5SSe. The van der Waals surface area contributed by atoms with Crippen molar-refractivity contribution < 1.29 is 24.2 Å². The van der Waals surface area contributed by atoms with E-state index in [1.165, 1.54) is 10.2 Å². The molecule has 0 aliphatic heterocycles. The molecule has 0 radical (unpaired) electrons. The number of ether oxygens (including phenoxy) is 1. The molecule has 0 fully saturated rings. The fourth-order valence-corrected chi connectivity index (χ4v) is 6.48. The SMILES string of the molecule is COc1cccc(C(=O)NCc2ccccc2)c1[Se]SCCC(=O)NCC(=O)O. The van der Waals surface area contributed by atoms with Crippen molar-refractivity contribution in [2.24, 2.45) is 0 Å². The molecule has 29 heavy (non-hydrogen) atoms. The van der Waals surface area contributed by atoms with E-state index in [1.807, 2.05) is 36.4 Å². The van der Waals surface area contributed by atoms with Gasteiger partial charge in [0.25, 0.3) is 0 Å². The number of hydrogen-bond acceptors (Lipinski definition) is 5. The summed E-state index contributed by atoms with van der Waals surface area (Å²) in [4.78, 5) is 34.8. The van der Waals surface area contributed by atoms with E-state index in [0.717, 1.165) is 10.0 Å². The van der Waals surface area contributed by atoms with Crippen molar-refractivity contribution in [3.8, 4) is 5.75 Å². The number of nitrogens with one attached hydrogen (secondary N) is 2. The summed E-state index contributed by atoms with van der Waals surface area (Å²) in [6, 6.07) is 15.0. The first-order chi connectivity index (χ1) is 14.0. The van der Waals surface area contributed by atoms with Gasteiger partial charge in [-0.1, -0.05) is 0 Å². The zero-order valence-corrected chi connectivity index (χ0v) is 18.4. The van der Waals surface area contributed by atoms with Crippen LogP contribution < -0.4 is 19.8 Å². The minimum atomic E-state index is -1.07. The first-order valence-electron chi connectivity index (χ1n) is 8.78. The average molecular weight is 481 g/mol. The van der Waals surface area contributed by atoms with Crippen molar-refractivity contribution in [2.75, 3.05) is 19.4 Å². The predicted octanol–water partition coefficient (Wildman–Crippen LogP) is 1.19. The molecule has 0 aliphatic carbocycles. The molecule has 0 aliphatic rings. The van der Waals surface area contributed by atoms with Gasteiger partial charge in [0.15, 0.2) is 0 Å². The fraction of sp³-hybridized carbons (Fsp3) is 0.250. The van der Waals surface area contributed by atoms with Crippen LogP contribution >= 0.6 is 10.2 Å². The van der Waals surface area contributed by atoms with Gasteiger partial charge in [-0.2, -0.15) is 0 Å². The second kappa shape index (κ2) is 12.2. The molecule has 0 unspecified atom stereocenters. The number of carbonyl (C=O) groups is 3. The Morgan fingerprint density at radius 3 is 2.52 bits per heavy atom. The summed E-state index contributed by atoms with van der Waals surface area (Å²) in [5.74, 6) is -0.397. The second-order valence-corrected chi connectivity index (χ2v) is 10.0. The molecule has 154 valence electrons. The molecule has 7 nitrogen and oxygen atoms in total. The molecule has 0 saturated heterocycles. The van der Waals surface area contributed by atoms with Gasteiger partial charge < -0.3 is 0 Å². The van der Waals surface area contributed by atoms with Gasteiger partial charge in [-0.25, -0.2) is 0 Å². The van der Waals surface area contributed by atoms with Gasteiger partial charge in [-0.15, -0.1) is 0 Å². The molecule has 3 N–H and O–H groups in total. The van der Waals surface area contributed by atoms with Crippen molar-refractivity contribution in [1.29, 1.82) is 0 Å². The first-order valence-corrected chi connectivity index (χ1v) is 12.6. The van der Waals surface area contributed by atoms with Crippen LogP contribution in [0, 0.1) is 0 Å². The predicted molar refractivity (Wildman–Crippen MR) is 114 cm³/mol. The van der Waals surface area contributed by atoms with Crippen LogP contribution in [-0.2, 0) is 16.1 Å². The van der Waals surface area contributed by atoms with Crippen molar-refractivity contribution in [3.05, 3.63) is 59.7 Å². The fourth-order valence-electron chi connectivity index (χ4n) is 2.31. The third-order valence-corrected chi connectivity index (χ3v) is 8.11. The summed E-state index contributed by atoms with van der Waals surface area (Å²) >= 11 is -0.154. The Kier molecular flexibility index (Phi) is 9.56. The quantitative estimate of drug-likeness (QED) is 0.329. The van der Waals surface area contributed by atoms with Crippen LogP contribution in [0.3, 0.4) is 0 Å². The topological polar surface area (TPSA) is 105 Å². The Morgan fingerprint density at radius 1 is 1.07 bits per heavy atom. The number of rotatable bonds is 11. The number of carboxylic acids is 1. The van der Waals surface area contributed by atoms with Gasteiger partial charge in [-0.05, 0) is 0 Å². The third kappa shape index (κ3) is 7.81. The van der Waals surface area contributed by atoms with Crippen molar-refractivity contribution >= 4 is 46.3 Å². The summed E-state index contributed by atoms with van der Waals surface area (Å²) in [7, 11) is 3.10. The van der Waals surface area contributed by atoms with E-state index >= 15 is 0 Å². The molecule has 0 saturated carbocycles. The van der Waals surface area contributed by atoms with Crippen molar-refractivity contribution in [2.45, 2.75) is 13.0 Å². The van der Waals surface area contributed by atoms with E-state index in [2.05, 4.69) is 10.6 Å². The molecule has 0 atom stereocenters. The normalized spacial score (nSPS) is 10.2. The molecule has 9 heteroatoms. The standard InChI is InChI=1S/C20H22N2O5SSe/c1-27-16-9-5-8-15(20(26)22-12-14-6-3-2-4-7-14)19(16)29-28-11-10-17(23)21-13-18(24)25/h2-9H,10-13H2,1H3,(H,21,23)(H,22,26)(H,24,25). The van der Waals surface area contributed by atoms with Crippen LogP contribution in [-0.4, -0.2) is 56.1 Å². The molecule has 2 aromatic carbocycles. The van der Waals surface area contributed by atoms with E-state index in [-0.39, 0.29) is 38.6 Å². The van der Waals surface area contributed by atoms with Gasteiger partial charge in [0, 0.05) is 0 Å². The van der Waals surface area contributed by atoms with Crippen molar-refractivity contribution in [3.63, 3.8) is 0 Å². The number of aliphatic carboxylic acids is 1. The molecule has 2 amide bonds. The van der Waals surface area contributed by atoms with Gasteiger partial charge in [-0.3, -0.25) is 0 Å². The van der Waals surface area contributed by atoms with Gasteiger partial charge in [0.05, 0.1) is 0 Å². The maximum atomic E-state index is 12.7. The molecule has 0 heterocycles. The van der Waals surface area contributed by atoms with Crippen molar-refractivity contribution in [1.82, 2.24) is 10.6 Å². The Labute approximate surface area is 178 Å². The van der Waals surface area contributed by atoms with E-state index in [9.17, 15) is 14.4 Å². The van der Waals surface area contributed by atoms with Crippen LogP contribution in [0.1, 0.15) is 22.3 Å². The Bertz CT molecular complexity index is 848. The molecule has 2 rings (SSSR count). The molecule has 0 aromatic heterocycles. The van der Waals surface area contributed by atoms with E-state index < -0.39 is 5.97 Å². The van der Waals surface area contributed by atoms with Gasteiger partial charge in [0.2, 0.25) is 0 Å². The number of carbonyl (C=O) groups excluding carboxylic acids is 2. The number of amides is 2. The maximum absolute atomic E-state index is 12.7. The molecule has 0 bridgehead atoms. The summed E-state index contributed by atoms with van der Waals surface area (Å²) in [6.07, 6.45) is 0.213. The summed E-state index contributed by atoms with van der Waals surface area (Å²) in [5, 5.41) is 13.8. The van der Waals surface area contributed by atoms with E-state index in [4.69, 9.17) is 9.84 Å². The van der Waals surface area contributed by atoms with Crippen LogP contribution in [0.4, 0.5) is 0 Å². The summed E-state index contributed by atoms with van der Waals surface area (Å²) in [5.41, 5.74) is 1.57. The summed E-state index contributed by atoms with van der Waals surface area (Å²) in [6.45, 7) is 0.0487. The van der Waals surface area contributed by atoms with Crippen LogP contribution in [0.5, 0.6) is 5.75 Å². The van der Waals surface area contributed by atoms with Gasteiger partial charge >= 0.3 is 179 Å². The molecular weight excluding hydrogens is 459 g/mol. The Hall–Kier alpha value is -2.48. The van der Waals surface area contributed by atoms with E-state index in [1.54, 1.807) is 19.2 Å². The van der Waals surface area contributed by atoms with Gasteiger partial charge in [0.1, 0.15) is 0 Å².